The van der Waals surface area contributed by atoms with Crippen molar-refractivity contribution in [2.24, 2.45) is 0 Å². The maximum absolute atomic E-state index is 12.7. The molecule has 1 aliphatic heterocycles. The van der Waals surface area contributed by atoms with Gasteiger partial charge < -0.3 is 25.4 Å². The number of hydrogen-bond donors (Lipinski definition) is 3. The van der Waals surface area contributed by atoms with Gasteiger partial charge in [0.2, 0.25) is 5.91 Å². The number of esters is 1. The summed E-state index contributed by atoms with van der Waals surface area (Å²) in [6, 6.07) is 11.0. The lowest BCUT2D eigenvalue weighted by atomic mass is 10.1. The average molecular weight is 383 g/mol. The Morgan fingerprint density at radius 1 is 1.25 bits per heavy atom. The van der Waals surface area contributed by atoms with Crippen LogP contribution < -0.4 is 10.6 Å². The van der Waals surface area contributed by atoms with Gasteiger partial charge in [-0.3, -0.25) is 9.59 Å². The van der Waals surface area contributed by atoms with Crippen LogP contribution in [0.5, 0.6) is 0 Å². The topological polar surface area (TPSA) is 108 Å². The zero-order valence-electron chi connectivity index (χ0n) is 15.6. The zero-order chi connectivity index (χ0) is 20.3. The molecule has 0 saturated heterocycles. The van der Waals surface area contributed by atoms with Crippen LogP contribution in [0.4, 0.5) is 11.4 Å². The molecule has 0 unspecified atom stereocenters. The van der Waals surface area contributed by atoms with Gasteiger partial charge in [0.15, 0.2) is 0 Å². The largest absolute Gasteiger partial charge is 0.466 e. The average Bonchev–Trinajstić information content (AvgIpc) is 2.97. The summed E-state index contributed by atoms with van der Waals surface area (Å²) in [5, 5.41) is 16.6. The minimum Gasteiger partial charge on any atom is -0.466 e. The zero-order valence-corrected chi connectivity index (χ0v) is 15.6. The van der Waals surface area contributed by atoms with Gasteiger partial charge >= 0.3 is 5.97 Å². The first kappa shape index (κ1) is 19.4. The van der Waals surface area contributed by atoms with E-state index in [4.69, 9.17) is 9.84 Å². The van der Waals surface area contributed by atoms with Crippen LogP contribution in [-0.4, -0.2) is 54.6 Å². The molecule has 146 valence electrons. The summed E-state index contributed by atoms with van der Waals surface area (Å²) in [7, 11) is 1.25. The van der Waals surface area contributed by atoms with Crippen LogP contribution in [-0.2, 0) is 19.1 Å². The molecule has 2 aromatic rings. The predicted octanol–water partition coefficient (Wildman–Crippen LogP) is 1.47. The molecule has 0 fully saturated rings. The minimum absolute atomic E-state index is 0.0561. The number of β-amino-alcohol motifs (C(OH)–C–C–N with tert-alkyl or cyclic N) is 1. The third-order valence-corrected chi connectivity index (χ3v) is 4.40. The van der Waals surface area contributed by atoms with E-state index < -0.39 is 11.9 Å². The second-order valence-electron chi connectivity index (χ2n) is 6.35. The number of carbonyl (C=O) groups excluding carboxylic acids is 3. The number of rotatable bonds is 6. The molecule has 8 nitrogen and oxygen atoms in total. The lowest BCUT2D eigenvalue weighted by Crippen LogP contribution is -2.31. The SMILES string of the molecule is COC(=O)C1=C(Nc2cc(NC(C)=O)c3ccccc3c2)C(=O)N(CCO)C1. The summed E-state index contributed by atoms with van der Waals surface area (Å²) in [6.45, 7) is 1.37. The van der Waals surface area contributed by atoms with Gasteiger partial charge in [0.05, 0.1) is 31.5 Å². The molecule has 1 heterocycles. The van der Waals surface area contributed by atoms with Gasteiger partial charge in [-0.1, -0.05) is 24.3 Å². The van der Waals surface area contributed by atoms with E-state index in [0.717, 1.165) is 10.8 Å². The van der Waals surface area contributed by atoms with E-state index in [1.165, 1.54) is 18.9 Å². The van der Waals surface area contributed by atoms with Gasteiger partial charge in [0, 0.05) is 24.5 Å². The number of aliphatic hydroxyl groups is 1. The monoisotopic (exact) mass is 383 g/mol. The molecule has 2 aromatic carbocycles. The molecule has 0 saturated carbocycles. The fourth-order valence-electron chi connectivity index (χ4n) is 3.17. The Balaban J connectivity index is 2.03. The molecule has 1 aliphatic rings. The Kier molecular flexibility index (Phi) is 5.60. The third kappa shape index (κ3) is 3.81. The molecule has 0 radical (unpaired) electrons. The molecule has 0 atom stereocenters. The highest BCUT2D eigenvalue weighted by atomic mass is 16.5. The van der Waals surface area contributed by atoms with E-state index in [9.17, 15) is 14.4 Å². The summed E-state index contributed by atoms with van der Waals surface area (Å²) in [5.41, 5.74) is 1.42. The van der Waals surface area contributed by atoms with E-state index in [1.54, 1.807) is 6.07 Å². The van der Waals surface area contributed by atoms with E-state index >= 15 is 0 Å². The van der Waals surface area contributed by atoms with Crippen LogP contribution in [0.15, 0.2) is 47.7 Å². The molecule has 0 aromatic heterocycles. The third-order valence-electron chi connectivity index (χ3n) is 4.40. The smallest absolute Gasteiger partial charge is 0.337 e. The van der Waals surface area contributed by atoms with Crippen LogP contribution in [0.1, 0.15) is 6.92 Å². The van der Waals surface area contributed by atoms with Crippen LogP contribution in [0, 0.1) is 0 Å². The first-order valence-electron chi connectivity index (χ1n) is 8.73. The van der Waals surface area contributed by atoms with Crippen molar-refractivity contribution < 1.29 is 24.2 Å². The molecular weight excluding hydrogens is 362 g/mol. The number of methoxy groups -OCH3 is 1. The maximum atomic E-state index is 12.7. The summed E-state index contributed by atoms with van der Waals surface area (Å²) in [4.78, 5) is 37.7. The summed E-state index contributed by atoms with van der Waals surface area (Å²) in [6.07, 6.45) is 0. The molecule has 0 spiro atoms. The number of anilines is 2. The van der Waals surface area contributed by atoms with Gasteiger partial charge in [0.25, 0.3) is 5.91 Å². The Morgan fingerprint density at radius 2 is 2.00 bits per heavy atom. The van der Waals surface area contributed by atoms with Gasteiger partial charge in [-0.15, -0.1) is 0 Å². The summed E-state index contributed by atoms with van der Waals surface area (Å²) in [5.74, 6) is -1.23. The first-order valence-corrected chi connectivity index (χ1v) is 8.73. The fraction of sp³-hybridized carbons (Fsp3) is 0.250. The van der Waals surface area contributed by atoms with E-state index in [1.807, 2.05) is 30.3 Å². The highest BCUT2D eigenvalue weighted by Gasteiger charge is 2.34. The molecule has 3 N–H and O–H groups in total. The van der Waals surface area contributed by atoms with Crippen molar-refractivity contribution in [3.8, 4) is 0 Å². The van der Waals surface area contributed by atoms with Crippen LogP contribution >= 0.6 is 0 Å². The number of benzene rings is 2. The summed E-state index contributed by atoms with van der Waals surface area (Å²) >= 11 is 0. The van der Waals surface area contributed by atoms with Gasteiger partial charge in [-0.25, -0.2) is 4.79 Å². The number of nitrogens with one attached hydrogen (secondary N) is 2. The Bertz CT molecular complexity index is 983. The lowest BCUT2D eigenvalue weighted by Gasteiger charge is -2.16. The van der Waals surface area contributed by atoms with Gasteiger partial charge in [-0.2, -0.15) is 0 Å². The molecule has 0 bridgehead atoms. The van der Waals surface area contributed by atoms with E-state index in [-0.39, 0.29) is 36.9 Å². The van der Waals surface area contributed by atoms with Crippen molar-refractivity contribution in [2.75, 3.05) is 37.4 Å². The number of carbonyl (C=O) groups is 3. The molecule has 28 heavy (non-hydrogen) atoms. The van der Waals surface area contributed by atoms with Crippen LogP contribution in [0.2, 0.25) is 0 Å². The lowest BCUT2D eigenvalue weighted by molar-refractivity contribution is -0.136. The Morgan fingerprint density at radius 3 is 2.68 bits per heavy atom. The van der Waals surface area contributed by atoms with Crippen molar-refractivity contribution in [3.63, 3.8) is 0 Å². The highest BCUT2D eigenvalue weighted by Crippen LogP contribution is 2.30. The molecule has 8 heteroatoms. The summed E-state index contributed by atoms with van der Waals surface area (Å²) < 4.78 is 4.79. The van der Waals surface area contributed by atoms with E-state index in [0.29, 0.717) is 11.4 Å². The molecule has 2 amide bonds. The van der Waals surface area contributed by atoms with Crippen molar-refractivity contribution in [1.82, 2.24) is 4.90 Å². The second-order valence-corrected chi connectivity index (χ2v) is 6.35. The number of hydrogen-bond acceptors (Lipinski definition) is 6. The number of nitrogens with zero attached hydrogens (tertiary/aromatic N) is 1. The Labute approximate surface area is 161 Å². The predicted molar refractivity (Wildman–Crippen MR) is 105 cm³/mol. The Hall–Kier alpha value is -3.39. The van der Waals surface area contributed by atoms with E-state index in [2.05, 4.69) is 10.6 Å². The maximum Gasteiger partial charge on any atom is 0.337 e. The standard InChI is InChI=1S/C20H21N3O5/c1-12(25)21-17-10-14(9-13-5-3-4-6-15(13)17)22-18-16(20(27)28-2)11-23(7-8-24)19(18)26/h3-6,9-10,22,24H,7-8,11H2,1-2H3,(H,21,25). The van der Waals surface area contributed by atoms with Gasteiger partial charge in [-0.05, 0) is 17.5 Å². The quantitative estimate of drug-likeness (QED) is 0.652. The van der Waals surface area contributed by atoms with Crippen molar-refractivity contribution >= 4 is 39.9 Å². The molecule has 3 rings (SSSR count). The number of amides is 2. The normalized spacial score (nSPS) is 13.8. The number of fused-ring (bicyclic) bond motifs is 1. The number of aliphatic hydroxyl groups excluding tert-OH is 1. The van der Waals surface area contributed by atoms with Crippen LogP contribution in [0.3, 0.4) is 0 Å². The number of ether oxygens (including phenoxy) is 1. The molecular formula is C20H21N3O5. The highest BCUT2D eigenvalue weighted by molar-refractivity contribution is 6.09. The van der Waals surface area contributed by atoms with Crippen molar-refractivity contribution in [2.45, 2.75) is 6.92 Å². The minimum atomic E-state index is -0.612. The van der Waals surface area contributed by atoms with Crippen molar-refractivity contribution in [3.05, 3.63) is 47.7 Å². The first-order chi connectivity index (χ1) is 13.4. The molecule has 0 aliphatic carbocycles. The second kappa shape index (κ2) is 8.10. The fourth-order valence-corrected chi connectivity index (χ4v) is 3.17. The van der Waals surface area contributed by atoms with Crippen molar-refractivity contribution in [1.29, 1.82) is 0 Å². The van der Waals surface area contributed by atoms with Crippen LogP contribution in [0.25, 0.3) is 10.8 Å². The van der Waals surface area contributed by atoms with Gasteiger partial charge in [0.1, 0.15) is 5.70 Å².